The average molecular weight is 193 g/mol. The molecule has 4 heteroatoms. The van der Waals surface area contributed by atoms with E-state index >= 15 is 0 Å². The second-order valence-electron chi connectivity index (χ2n) is 2.94. The Kier molecular flexibility index (Phi) is 2.26. The van der Waals surface area contributed by atoms with Crippen molar-refractivity contribution in [2.45, 2.75) is 0 Å². The Morgan fingerprint density at radius 2 is 2.29 bits per heavy atom. The number of para-hydroxylation sites is 2. The van der Waals surface area contributed by atoms with E-state index in [-0.39, 0.29) is 6.09 Å². The molecule has 0 saturated carbocycles. The fraction of sp³-hybridized carbons (Fsp3) is 0.300. The molecule has 0 saturated heterocycles. The number of rotatable bonds is 0. The average Bonchev–Trinajstić information content (AvgIpc) is 2.27. The third-order valence-electron chi connectivity index (χ3n) is 2.12. The van der Waals surface area contributed by atoms with Crippen molar-refractivity contribution in [1.29, 1.82) is 0 Å². The molecule has 14 heavy (non-hydrogen) atoms. The molecule has 0 bridgehead atoms. The van der Waals surface area contributed by atoms with Gasteiger partial charge in [0, 0.05) is 0 Å². The number of benzene rings is 1. The van der Waals surface area contributed by atoms with Gasteiger partial charge in [0.2, 0.25) is 0 Å². The van der Waals surface area contributed by atoms with E-state index in [0.29, 0.717) is 13.2 Å². The van der Waals surface area contributed by atoms with Crippen LogP contribution < -0.4 is 9.64 Å². The van der Waals surface area contributed by atoms with Crippen LogP contribution in [0.5, 0.6) is 5.75 Å². The van der Waals surface area contributed by atoms with Gasteiger partial charge in [-0.2, -0.15) is 0 Å². The van der Waals surface area contributed by atoms with E-state index < -0.39 is 0 Å². The van der Waals surface area contributed by atoms with Crippen molar-refractivity contribution in [1.82, 2.24) is 0 Å². The SMILES string of the molecule is COC(=O)N1CCOc2ccccc21. The number of ether oxygens (including phenoxy) is 2. The predicted molar refractivity (Wildman–Crippen MR) is 51.7 cm³/mol. The molecule has 0 spiro atoms. The van der Waals surface area contributed by atoms with E-state index in [9.17, 15) is 4.79 Å². The van der Waals surface area contributed by atoms with Crippen LogP contribution in [0.2, 0.25) is 0 Å². The van der Waals surface area contributed by atoms with E-state index in [2.05, 4.69) is 4.74 Å². The van der Waals surface area contributed by atoms with Crippen LogP contribution in [0.3, 0.4) is 0 Å². The van der Waals surface area contributed by atoms with Crippen LogP contribution in [0.25, 0.3) is 0 Å². The monoisotopic (exact) mass is 193 g/mol. The number of hydrogen-bond acceptors (Lipinski definition) is 3. The van der Waals surface area contributed by atoms with Gasteiger partial charge in [-0.05, 0) is 12.1 Å². The molecule has 4 nitrogen and oxygen atoms in total. The van der Waals surface area contributed by atoms with Gasteiger partial charge < -0.3 is 9.47 Å². The van der Waals surface area contributed by atoms with Crippen LogP contribution in [-0.2, 0) is 4.74 Å². The Morgan fingerprint density at radius 1 is 1.50 bits per heavy atom. The smallest absolute Gasteiger partial charge is 0.414 e. The van der Waals surface area contributed by atoms with Gasteiger partial charge in [0.15, 0.2) is 0 Å². The third kappa shape index (κ3) is 1.39. The molecule has 1 aliphatic heterocycles. The number of nitrogens with zero attached hydrogens (tertiary/aromatic N) is 1. The zero-order valence-electron chi connectivity index (χ0n) is 7.90. The second-order valence-corrected chi connectivity index (χ2v) is 2.94. The standard InChI is InChI=1S/C10H11NO3/c1-13-10(12)11-6-7-14-9-5-3-2-4-8(9)11/h2-5H,6-7H2,1H3. The van der Waals surface area contributed by atoms with Crippen molar-refractivity contribution in [2.75, 3.05) is 25.2 Å². The Labute approximate surface area is 82.0 Å². The fourth-order valence-corrected chi connectivity index (χ4v) is 1.47. The summed E-state index contributed by atoms with van der Waals surface area (Å²) in [4.78, 5) is 12.9. The maximum atomic E-state index is 11.4. The normalized spacial score (nSPS) is 14.2. The molecule has 0 N–H and O–H groups in total. The zero-order chi connectivity index (χ0) is 9.97. The van der Waals surface area contributed by atoms with Gasteiger partial charge in [-0.3, -0.25) is 4.90 Å². The fourth-order valence-electron chi connectivity index (χ4n) is 1.47. The Hall–Kier alpha value is -1.71. The summed E-state index contributed by atoms with van der Waals surface area (Å²) in [6.07, 6.45) is -0.347. The van der Waals surface area contributed by atoms with Crippen molar-refractivity contribution in [3.05, 3.63) is 24.3 Å². The van der Waals surface area contributed by atoms with Crippen molar-refractivity contribution < 1.29 is 14.3 Å². The van der Waals surface area contributed by atoms with Gasteiger partial charge in [0.05, 0.1) is 19.3 Å². The van der Waals surface area contributed by atoms with Crippen molar-refractivity contribution in [3.63, 3.8) is 0 Å². The van der Waals surface area contributed by atoms with E-state index in [4.69, 9.17) is 4.74 Å². The summed E-state index contributed by atoms with van der Waals surface area (Å²) >= 11 is 0. The third-order valence-corrected chi connectivity index (χ3v) is 2.12. The summed E-state index contributed by atoms with van der Waals surface area (Å²) < 4.78 is 10.1. The summed E-state index contributed by atoms with van der Waals surface area (Å²) in [6.45, 7) is 1.04. The molecule has 0 unspecified atom stereocenters. The van der Waals surface area contributed by atoms with Crippen molar-refractivity contribution >= 4 is 11.8 Å². The van der Waals surface area contributed by atoms with Gasteiger partial charge in [-0.1, -0.05) is 12.1 Å². The molecule has 1 aromatic rings. The molecular formula is C10H11NO3. The summed E-state index contributed by atoms with van der Waals surface area (Å²) in [7, 11) is 1.38. The first-order chi connectivity index (χ1) is 6.83. The second kappa shape index (κ2) is 3.57. The predicted octanol–water partition coefficient (Wildman–Crippen LogP) is 1.65. The molecule has 74 valence electrons. The minimum Gasteiger partial charge on any atom is -0.490 e. The molecular weight excluding hydrogens is 182 g/mol. The highest BCUT2D eigenvalue weighted by Crippen LogP contribution is 2.30. The Bertz CT molecular complexity index is 351. The minimum absolute atomic E-state index is 0.347. The molecule has 1 aliphatic rings. The van der Waals surface area contributed by atoms with Crippen LogP contribution in [0.1, 0.15) is 0 Å². The maximum absolute atomic E-state index is 11.4. The Balaban J connectivity index is 2.35. The lowest BCUT2D eigenvalue weighted by atomic mass is 10.2. The highest BCUT2D eigenvalue weighted by atomic mass is 16.5. The van der Waals surface area contributed by atoms with Crippen LogP contribution in [-0.4, -0.2) is 26.4 Å². The highest BCUT2D eigenvalue weighted by Gasteiger charge is 2.23. The maximum Gasteiger partial charge on any atom is 0.414 e. The number of fused-ring (bicyclic) bond motifs is 1. The molecule has 1 aromatic carbocycles. The summed E-state index contributed by atoms with van der Waals surface area (Å²) in [5.74, 6) is 0.726. The molecule has 0 atom stereocenters. The minimum atomic E-state index is -0.347. The van der Waals surface area contributed by atoms with Crippen LogP contribution in [0.15, 0.2) is 24.3 Å². The first-order valence-corrected chi connectivity index (χ1v) is 4.40. The lowest BCUT2D eigenvalue weighted by molar-refractivity contribution is 0.174. The summed E-state index contributed by atoms with van der Waals surface area (Å²) in [5, 5.41) is 0. The zero-order valence-corrected chi connectivity index (χ0v) is 7.90. The molecule has 1 amide bonds. The molecule has 0 aliphatic carbocycles. The first-order valence-electron chi connectivity index (χ1n) is 4.40. The largest absolute Gasteiger partial charge is 0.490 e. The number of methoxy groups -OCH3 is 1. The number of amides is 1. The number of carbonyl (C=O) groups is 1. The van der Waals surface area contributed by atoms with E-state index in [0.717, 1.165) is 11.4 Å². The lowest BCUT2D eigenvalue weighted by Gasteiger charge is -2.27. The van der Waals surface area contributed by atoms with Crippen LogP contribution >= 0.6 is 0 Å². The van der Waals surface area contributed by atoms with E-state index in [1.807, 2.05) is 24.3 Å². The van der Waals surface area contributed by atoms with Gasteiger partial charge in [0.1, 0.15) is 12.4 Å². The Morgan fingerprint density at radius 3 is 3.07 bits per heavy atom. The van der Waals surface area contributed by atoms with Gasteiger partial charge in [-0.15, -0.1) is 0 Å². The molecule has 0 fully saturated rings. The summed E-state index contributed by atoms with van der Waals surface area (Å²) in [6, 6.07) is 7.42. The van der Waals surface area contributed by atoms with Crippen molar-refractivity contribution in [3.8, 4) is 5.75 Å². The van der Waals surface area contributed by atoms with E-state index in [1.54, 1.807) is 4.90 Å². The van der Waals surface area contributed by atoms with Crippen LogP contribution in [0.4, 0.5) is 10.5 Å². The molecule has 0 aromatic heterocycles. The quantitative estimate of drug-likeness (QED) is 0.628. The van der Waals surface area contributed by atoms with Crippen molar-refractivity contribution in [2.24, 2.45) is 0 Å². The molecule has 2 rings (SSSR count). The molecule has 0 radical (unpaired) electrons. The van der Waals surface area contributed by atoms with Gasteiger partial charge in [-0.25, -0.2) is 4.79 Å². The number of anilines is 1. The lowest BCUT2D eigenvalue weighted by Crippen LogP contribution is -2.37. The van der Waals surface area contributed by atoms with E-state index in [1.165, 1.54) is 7.11 Å². The highest BCUT2D eigenvalue weighted by molar-refractivity contribution is 5.90. The van der Waals surface area contributed by atoms with Gasteiger partial charge in [0.25, 0.3) is 0 Å². The number of carbonyl (C=O) groups excluding carboxylic acids is 1. The van der Waals surface area contributed by atoms with Crippen LogP contribution in [0, 0.1) is 0 Å². The molecule has 1 heterocycles. The van der Waals surface area contributed by atoms with Gasteiger partial charge >= 0.3 is 6.09 Å². The topological polar surface area (TPSA) is 38.8 Å². The number of hydrogen-bond donors (Lipinski definition) is 0. The summed E-state index contributed by atoms with van der Waals surface area (Å²) in [5.41, 5.74) is 0.769. The first kappa shape index (κ1) is 8.87.